The fourth-order valence-corrected chi connectivity index (χ4v) is 5.96. The van der Waals surface area contributed by atoms with Crippen LogP contribution in [0.5, 0.6) is 5.75 Å². The number of halogens is 1. The van der Waals surface area contributed by atoms with Crippen LogP contribution in [0.1, 0.15) is 32.3 Å². The normalized spacial score (nSPS) is 11.6. The van der Waals surface area contributed by atoms with Crippen molar-refractivity contribution in [3.8, 4) is 5.75 Å². The Morgan fingerprint density at radius 2 is 1.50 bits per heavy atom. The van der Waals surface area contributed by atoms with Gasteiger partial charge in [-0.05, 0) is 84.3 Å². The van der Waals surface area contributed by atoms with Crippen molar-refractivity contribution in [1.82, 2.24) is 5.32 Å². The first-order valence-electron chi connectivity index (χ1n) is 15.2. The summed E-state index contributed by atoms with van der Waals surface area (Å²) in [5.41, 5.74) is 3.14. The zero-order valence-corrected chi connectivity index (χ0v) is 28.5. The van der Waals surface area contributed by atoms with Crippen LogP contribution in [0.15, 0.2) is 132 Å². The minimum atomic E-state index is -0.637. The first kappa shape index (κ1) is 35.4. The molecule has 5 aromatic rings. The maximum Gasteiger partial charge on any atom is 0.272 e. The van der Waals surface area contributed by atoms with E-state index in [4.69, 9.17) is 16.3 Å². The van der Waals surface area contributed by atoms with Gasteiger partial charge in [-0.25, -0.2) is 0 Å². The van der Waals surface area contributed by atoms with Gasteiger partial charge in [0, 0.05) is 39.4 Å². The Bertz CT molecular complexity index is 2040. The van der Waals surface area contributed by atoms with Crippen LogP contribution in [-0.2, 0) is 9.59 Å². The Kier molecular flexibility index (Phi) is 11.7. The number of thioether (sulfide) groups is 1. The summed E-state index contributed by atoms with van der Waals surface area (Å²) in [6.07, 6.45) is 1.43. The number of aryl methyl sites for hydroxylation is 1. The van der Waals surface area contributed by atoms with Crippen molar-refractivity contribution in [3.05, 3.63) is 164 Å². The summed E-state index contributed by atoms with van der Waals surface area (Å²) >= 11 is 7.59. The molecule has 0 heterocycles. The molecular weight excluding hydrogens is 676 g/mol. The van der Waals surface area contributed by atoms with Gasteiger partial charge < -0.3 is 20.7 Å². The van der Waals surface area contributed by atoms with Crippen LogP contribution in [0.25, 0.3) is 6.08 Å². The number of carbonyl (C=O) groups is 3. The molecule has 10 nitrogen and oxygen atoms in total. The lowest BCUT2D eigenvalue weighted by atomic mass is 10.1. The lowest BCUT2D eigenvalue weighted by molar-refractivity contribution is -0.384. The molecule has 0 saturated heterocycles. The number of amides is 3. The number of ether oxygens (including phenoxy) is 1. The molecular formula is C38H31ClN4O6S. The van der Waals surface area contributed by atoms with E-state index >= 15 is 0 Å². The Morgan fingerprint density at radius 1 is 0.860 bits per heavy atom. The molecule has 12 heteroatoms. The summed E-state index contributed by atoms with van der Waals surface area (Å²) in [5.74, 6) is -0.944. The van der Waals surface area contributed by atoms with Gasteiger partial charge in [-0.15, -0.1) is 11.8 Å². The fourth-order valence-electron chi connectivity index (χ4n) is 4.78. The number of nitro groups is 1. The highest BCUT2D eigenvalue weighted by molar-refractivity contribution is 8.00. The lowest BCUT2D eigenvalue weighted by Crippen LogP contribution is -2.30. The molecule has 0 bridgehead atoms. The Balaban J connectivity index is 1.35. The van der Waals surface area contributed by atoms with Gasteiger partial charge in [0.15, 0.2) is 0 Å². The van der Waals surface area contributed by atoms with Crippen molar-refractivity contribution in [2.75, 3.05) is 17.7 Å². The molecule has 1 atom stereocenters. The maximum atomic E-state index is 13.7. The predicted octanol–water partition coefficient (Wildman–Crippen LogP) is 8.45. The summed E-state index contributed by atoms with van der Waals surface area (Å²) in [7, 11) is 1.51. The molecule has 0 radical (unpaired) electrons. The van der Waals surface area contributed by atoms with Crippen molar-refractivity contribution in [2.45, 2.75) is 17.1 Å². The van der Waals surface area contributed by atoms with Crippen molar-refractivity contribution < 1.29 is 24.0 Å². The van der Waals surface area contributed by atoms with Crippen molar-refractivity contribution in [2.24, 2.45) is 0 Å². The van der Waals surface area contributed by atoms with E-state index < -0.39 is 22.0 Å². The van der Waals surface area contributed by atoms with E-state index in [2.05, 4.69) is 16.0 Å². The minimum absolute atomic E-state index is 0.0696. The second kappa shape index (κ2) is 16.5. The molecule has 1 unspecified atom stereocenters. The number of nitro benzene ring substituents is 1. The van der Waals surface area contributed by atoms with Crippen LogP contribution < -0.4 is 20.7 Å². The van der Waals surface area contributed by atoms with Crippen LogP contribution in [0.4, 0.5) is 17.1 Å². The zero-order valence-electron chi connectivity index (χ0n) is 26.9. The van der Waals surface area contributed by atoms with Crippen LogP contribution >= 0.6 is 23.4 Å². The number of hydrogen-bond donors (Lipinski definition) is 3. The molecule has 3 N–H and O–H groups in total. The molecule has 0 aliphatic carbocycles. The average molecular weight is 707 g/mol. The standard InChI is InChI=1S/C38H31ClN4O6S/c1-24-21-32(34(49-2)23-31(24)39)41-38(46)35(26-9-5-3-6-10-26)50-30-19-15-28(16-20-30)40-37(45)33(42-36(44)27-11-7-4-8-12-27)22-25-13-17-29(18-14-25)43(47)48/h3-23,35H,1-2H3,(H,40,45)(H,41,46)(H,42,44)/b33-22-. The molecule has 50 heavy (non-hydrogen) atoms. The summed E-state index contributed by atoms with van der Waals surface area (Å²) in [5, 5.41) is 19.4. The van der Waals surface area contributed by atoms with Gasteiger partial charge in [-0.3, -0.25) is 24.5 Å². The minimum Gasteiger partial charge on any atom is -0.495 e. The van der Waals surface area contributed by atoms with E-state index in [0.29, 0.717) is 33.3 Å². The smallest absolute Gasteiger partial charge is 0.272 e. The zero-order chi connectivity index (χ0) is 35.6. The Labute approximate surface area is 297 Å². The summed E-state index contributed by atoms with van der Waals surface area (Å²) < 4.78 is 5.45. The van der Waals surface area contributed by atoms with E-state index in [1.54, 1.807) is 66.7 Å². The number of nitrogens with zero attached hydrogens (tertiary/aromatic N) is 1. The van der Waals surface area contributed by atoms with Gasteiger partial charge in [-0.1, -0.05) is 60.1 Å². The molecule has 252 valence electrons. The second-order valence-electron chi connectivity index (χ2n) is 10.9. The highest BCUT2D eigenvalue weighted by Gasteiger charge is 2.24. The van der Waals surface area contributed by atoms with Gasteiger partial charge in [0.2, 0.25) is 5.91 Å². The largest absolute Gasteiger partial charge is 0.495 e. The highest BCUT2D eigenvalue weighted by atomic mass is 35.5. The van der Waals surface area contributed by atoms with Crippen LogP contribution in [0.3, 0.4) is 0 Å². The van der Waals surface area contributed by atoms with Gasteiger partial charge in [0.25, 0.3) is 17.5 Å². The summed E-state index contributed by atoms with van der Waals surface area (Å²) in [6.45, 7) is 1.84. The first-order chi connectivity index (χ1) is 24.1. The number of benzene rings is 5. The number of hydrogen-bond acceptors (Lipinski definition) is 7. The molecule has 5 rings (SSSR count). The number of non-ortho nitro benzene ring substituents is 1. The topological polar surface area (TPSA) is 140 Å². The van der Waals surface area contributed by atoms with E-state index in [1.807, 2.05) is 37.3 Å². The molecule has 0 aliphatic rings. The number of carbonyl (C=O) groups excluding carboxylic acids is 3. The number of nitrogens with one attached hydrogen (secondary N) is 3. The van der Waals surface area contributed by atoms with Gasteiger partial charge in [0.1, 0.15) is 16.7 Å². The maximum absolute atomic E-state index is 13.7. The Hall–Kier alpha value is -5.91. The van der Waals surface area contributed by atoms with Crippen LogP contribution in [-0.4, -0.2) is 29.8 Å². The quantitative estimate of drug-likeness (QED) is 0.0512. The molecule has 0 aromatic heterocycles. The SMILES string of the molecule is COc1cc(Cl)c(C)cc1NC(=O)C(Sc1ccc(NC(=O)/C(=C/c2ccc([N+](=O)[O-])cc2)NC(=O)c2ccccc2)cc1)c1ccccc1. The predicted molar refractivity (Wildman–Crippen MR) is 196 cm³/mol. The summed E-state index contributed by atoms with van der Waals surface area (Å²) in [6, 6.07) is 33.7. The fraction of sp³-hybridized carbons (Fsp3) is 0.0789. The number of rotatable bonds is 12. The van der Waals surface area contributed by atoms with E-state index in [-0.39, 0.29) is 17.3 Å². The highest BCUT2D eigenvalue weighted by Crippen LogP contribution is 2.38. The third kappa shape index (κ3) is 9.16. The third-order valence-corrected chi connectivity index (χ3v) is 9.06. The van der Waals surface area contributed by atoms with Gasteiger partial charge in [0.05, 0.1) is 17.7 Å². The first-order valence-corrected chi connectivity index (χ1v) is 16.5. The van der Waals surface area contributed by atoms with Crippen molar-refractivity contribution in [3.63, 3.8) is 0 Å². The van der Waals surface area contributed by atoms with Crippen LogP contribution in [0, 0.1) is 17.0 Å². The van der Waals surface area contributed by atoms with E-state index in [9.17, 15) is 24.5 Å². The molecule has 5 aromatic carbocycles. The van der Waals surface area contributed by atoms with Crippen molar-refractivity contribution in [1.29, 1.82) is 0 Å². The Morgan fingerprint density at radius 3 is 2.12 bits per heavy atom. The van der Waals surface area contributed by atoms with Gasteiger partial charge >= 0.3 is 0 Å². The molecule has 0 aliphatic heterocycles. The number of methoxy groups -OCH3 is 1. The van der Waals surface area contributed by atoms with Crippen LogP contribution in [0.2, 0.25) is 5.02 Å². The third-order valence-electron chi connectivity index (χ3n) is 7.39. The lowest BCUT2D eigenvalue weighted by Gasteiger charge is -2.19. The second-order valence-corrected chi connectivity index (χ2v) is 12.5. The van der Waals surface area contributed by atoms with Crippen molar-refractivity contribution >= 4 is 64.2 Å². The monoisotopic (exact) mass is 706 g/mol. The van der Waals surface area contributed by atoms with Gasteiger partial charge in [-0.2, -0.15) is 0 Å². The number of anilines is 2. The molecule has 0 saturated carbocycles. The summed E-state index contributed by atoms with van der Waals surface area (Å²) in [4.78, 5) is 51.5. The molecule has 0 spiro atoms. The average Bonchev–Trinajstić information content (AvgIpc) is 3.13. The van der Waals surface area contributed by atoms with E-state index in [0.717, 1.165) is 16.0 Å². The molecule has 3 amide bonds. The van der Waals surface area contributed by atoms with E-state index in [1.165, 1.54) is 49.2 Å². The molecule has 0 fully saturated rings.